The van der Waals surface area contributed by atoms with E-state index in [1.165, 1.54) is 0 Å². The summed E-state index contributed by atoms with van der Waals surface area (Å²) < 4.78 is 0. The second kappa shape index (κ2) is 3.75. The van der Waals surface area contributed by atoms with Gasteiger partial charge >= 0.3 is 0 Å². The first kappa shape index (κ1) is 9.15. The first-order valence-electron chi connectivity index (χ1n) is 4.71. The first-order valence-corrected chi connectivity index (χ1v) is 4.71. The van der Waals surface area contributed by atoms with Crippen molar-refractivity contribution in [2.75, 3.05) is 19.6 Å². The van der Waals surface area contributed by atoms with E-state index in [0.29, 0.717) is 18.2 Å². The Morgan fingerprint density at radius 3 is 2.93 bits per heavy atom. The van der Waals surface area contributed by atoms with Crippen molar-refractivity contribution >= 4 is 5.91 Å². The number of aromatic nitrogens is 1. The minimum absolute atomic E-state index is 0.00954. The van der Waals surface area contributed by atoms with Crippen molar-refractivity contribution in [3.05, 3.63) is 30.1 Å². The fourth-order valence-corrected chi connectivity index (χ4v) is 1.54. The van der Waals surface area contributed by atoms with Gasteiger partial charge in [0.15, 0.2) is 0 Å². The zero-order valence-electron chi connectivity index (χ0n) is 7.89. The summed E-state index contributed by atoms with van der Waals surface area (Å²) in [5.41, 5.74) is 6.00. The van der Waals surface area contributed by atoms with Crippen LogP contribution in [0.2, 0.25) is 0 Å². The SMILES string of the molecule is NCC1CN(C(=O)c2ccccn2)C1. The standard InChI is InChI=1S/C10H13N3O/c11-5-8-6-13(7-8)10(14)9-3-1-2-4-12-9/h1-4,8H,5-7,11H2. The molecule has 2 N–H and O–H groups in total. The van der Waals surface area contributed by atoms with Gasteiger partial charge in [0.25, 0.3) is 5.91 Å². The third kappa shape index (κ3) is 1.61. The number of carbonyl (C=O) groups is 1. The summed E-state index contributed by atoms with van der Waals surface area (Å²) >= 11 is 0. The fraction of sp³-hybridized carbons (Fsp3) is 0.400. The van der Waals surface area contributed by atoms with Gasteiger partial charge in [-0.25, -0.2) is 0 Å². The number of rotatable bonds is 2. The van der Waals surface area contributed by atoms with Gasteiger partial charge in [-0.05, 0) is 18.7 Å². The van der Waals surface area contributed by atoms with Crippen LogP contribution in [0.4, 0.5) is 0 Å². The van der Waals surface area contributed by atoms with Crippen LogP contribution in [0.15, 0.2) is 24.4 Å². The zero-order chi connectivity index (χ0) is 9.97. The van der Waals surface area contributed by atoms with Crippen LogP contribution in [0.1, 0.15) is 10.5 Å². The summed E-state index contributed by atoms with van der Waals surface area (Å²) in [7, 11) is 0. The molecule has 74 valence electrons. The van der Waals surface area contributed by atoms with Crippen LogP contribution < -0.4 is 5.73 Å². The molecule has 1 fully saturated rings. The highest BCUT2D eigenvalue weighted by Gasteiger charge is 2.30. The lowest BCUT2D eigenvalue weighted by Crippen LogP contribution is -2.52. The maximum Gasteiger partial charge on any atom is 0.272 e. The Kier molecular flexibility index (Phi) is 2.45. The lowest BCUT2D eigenvalue weighted by atomic mass is 10.00. The molecule has 1 aliphatic heterocycles. The molecule has 1 aromatic heterocycles. The molecule has 4 nitrogen and oxygen atoms in total. The van der Waals surface area contributed by atoms with Crippen molar-refractivity contribution in [2.45, 2.75) is 0 Å². The predicted octanol–water partition coefficient (Wildman–Crippen LogP) is 0.112. The molecule has 0 spiro atoms. The quantitative estimate of drug-likeness (QED) is 0.722. The molecule has 2 rings (SSSR count). The van der Waals surface area contributed by atoms with Gasteiger partial charge in [-0.15, -0.1) is 0 Å². The van der Waals surface area contributed by atoms with Gasteiger partial charge in [-0.2, -0.15) is 0 Å². The summed E-state index contributed by atoms with van der Waals surface area (Å²) in [6.07, 6.45) is 1.63. The van der Waals surface area contributed by atoms with Crippen molar-refractivity contribution in [2.24, 2.45) is 11.7 Å². The van der Waals surface area contributed by atoms with Crippen molar-refractivity contribution in [3.63, 3.8) is 0 Å². The molecule has 0 aliphatic carbocycles. The van der Waals surface area contributed by atoms with Gasteiger partial charge in [0.2, 0.25) is 0 Å². The van der Waals surface area contributed by atoms with E-state index in [4.69, 9.17) is 5.73 Å². The van der Waals surface area contributed by atoms with E-state index in [0.717, 1.165) is 13.1 Å². The number of carbonyl (C=O) groups excluding carboxylic acids is 1. The fourth-order valence-electron chi connectivity index (χ4n) is 1.54. The van der Waals surface area contributed by atoms with Crippen LogP contribution in [0.3, 0.4) is 0 Å². The molecule has 1 saturated heterocycles. The monoisotopic (exact) mass is 191 g/mol. The van der Waals surface area contributed by atoms with Crippen LogP contribution in [0.5, 0.6) is 0 Å². The van der Waals surface area contributed by atoms with Crippen molar-refractivity contribution in [3.8, 4) is 0 Å². The van der Waals surface area contributed by atoms with Gasteiger partial charge < -0.3 is 10.6 Å². The summed E-state index contributed by atoms with van der Waals surface area (Å²) in [5, 5.41) is 0. The van der Waals surface area contributed by atoms with E-state index in [1.807, 2.05) is 6.07 Å². The van der Waals surface area contributed by atoms with E-state index in [2.05, 4.69) is 4.98 Å². The maximum absolute atomic E-state index is 11.7. The molecule has 14 heavy (non-hydrogen) atoms. The van der Waals surface area contributed by atoms with Crippen LogP contribution in [-0.2, 0) is 0 Å². The van der Waals surface area contributed by atoms with Crippen molar-refractivity contribution in [1.29, 1.82) is 0 Å². The summed E-state index contributed by atoms with van der Waals surface area (Å²) in [5.74, 6) is 0.484. The number of hydrogen-bond acceptors (Lipinski definition) is 3. The van der Waals surface area contributed by atoms with Gasteiger partial charge in [-0.3, -0.25) is 9.78 Å². The molecule has 0 unspecified atom stereocenters. The Bertz CT molecular complexity index is 319. The minimum atomic E-state index is 0.00954. The lowest BCUT2D eigenvalue weighted by Gasteiger charge is -2.38. The van der Waals surface area contributed by atoms with Crippen molar-refractivity contribution < 1.29 is 4.79 Å². The third-order valence-corrected chi connectivity index (χ3v) is 2.46. The Labute approximate surface area is 82.7 Å². The summed E-state index contributed by atoms with van der Waals surface area (Å²) in [6, 6.07) is 5.36. The number of pyridine rings is 1. The number of hydrogen-bond donors (Lipinski definition) is 1. The number of likely N-dealkylation sites (tertiary alicyclic amines) is 1. The first-order chi connectivity index (χ1) is 6.81. The van der Waals surface area contributed by atoms with E-state index in [-0.39, 0.29) is 5.91 Å². The molecule has 0 saturated carbocycles. The molecule has 0 radical (unpaired) electrons. The second-order valence-electron chi connectivity index (χ2n) is 3.53. The smallest absolute Gasteiger partial charge is 0.272 e. The highest BCUT2D eigenvalue weighted by molar-refractivity contribution is 5.92. The van der Waals surface area contributed by atoms with Crippen LogP contribution in [-0.4, -0.2) is 35.4 Å². The van der Waals surface area contributed by atoms with E-state index < -0.39 is 0 Å². The van der Waals surface area contributed by atoms with Crippen LogP contribution in [0.25, 0.3) is 0 Å². The average molecular weight is 191 g/mol. The zero-order valence-corrected chi connectivity index (χ0v) is 7.89. The number of nitrogens with two attached hydrogens (primary N) is 1. The molecule has 0 aromatic carbocycles. The molecule has 4 heteroatoms. The molecule has 0 atom stereocenters. The number of nitrogens with zero attached hydrogens (tertiary/aromatic N) is 2. The van der Waals surface area contributed by atoms with Crippen molar-refractivity contribution in [1.82, 2.24) is 9.88 Å². The maximum atomic E-state index is 11.7. The van der Waals surface area contributed by atoms with Gasteiger partial charge in [-0.1, -0.05) is 6.07 Å². The highest BCUT2D eigenvalue weighted by atomic mass is 16.2. The normalized spacial score (nSPS) is 16.5. The molecule has 2 heterocycles. The summed E-state index contributed by atoms with van der Waals surface area (Å²) in [4.78, 5) is 17.5. The van der Waals surface area contributed by atoms with E-state index in [1.54, 1.807) is 23.2 Å². The van der Waals surface area contributed by atoms with Gasteiger partial charge in [0.1, 0.15) is 5.69 Å². The predicted molar refractivity (Wildman–Crippen MR) is 52.7 cm³/mol. The Balaban J connectivity index is 1.98. The Morgan fingerprint density at radius 1 is 1.57 bits per heavy atom. The molecule has 1 amide bonds. The van der Waals surface area contributed by atoms with Gasteiger partial charge in [0.05, 0.1) is 0 Å². The molecular weight excluding hydrogens is 178 g/mol. The highest BCUT2D eigenvalue weighted by Crippen LogP contribution is 2.16. The Hall–Kier alpha value is -1.42. The van der Waals surface area contributed by atoms with Crippen LogP contribution in [0, 0.1) is 5.92 Å². The molecule has 1 aliphatic rings. The largest absolute Gasteiger partial charge is 0.337 e. The van der Waals surface area contributed by atoms with E-state index >= 15 is 0 Å². The second-order valence-corrected chi connectivity index (χ2v) is 3.53. The molecule has 1 aromatic rings. The average Bonchev–Trinajstić information content (AvgIpc) is 2.17. The third-order valence-electron chi connectivity index (χ3n) is 2.46. The molecule has 0 bridgehead atoms. The Morgan fingerprint density at radius 2 is 2.36 bits per heavy atom. The number of amides is 1. The van der Waals surface area contributed by atoms with E-state index in [9.17, 15) is 4.79 Å². The summed E-state index contributed by atoms with van der Waals surface area (Å²) in [6.45, 7) is 2.20. The lowest BCUT2D eigenvalue weighted by molar-refractivity contribution is 0.0509. The van der Waals surface area contributed by atoms with Gasteiger partial charge in [0, 0.05) is 25.2 Å². The van der Waals surface area contributed by atoms with Crippen LogP contribution >= 0.6 is 0 Å². The molecular formula is C10H13N3O. The minimum Gasteiger partial charge on any atom is -0.337 e. The topological polar surface area (TPSA) is 59.2 Å².